The summed E-state index contributed by atoms with van der Waals surface area (Å²) in [6.45, 7) is -1.46. The molecule has 1 rings (SSSR count). The summed E-state index contributed by atoms with van der Waals surface area (Å²) < 4.78 is 4.84. The van der Waals surface area contributed by atoms with Crippen molar-refractivity contribution in [3.63, 3.8) is 0 Å². The molecule has 1 fully saturated rings. The average molecular weight is 224 g/mol. The number of hydrogen-bond donors (Lipinski definition) is 6. The molecule has 7 nitrogen and oxygen atoms in total. The minimum atomic E-state index is -2.00. The molecular weight excluding hydrogens is 208 g/mol. The van der Waals surface area contributed by atoms with Crippen molar-refractivity contribution in [1.29, 1.82) is 0 Å². The van der Waals surface area contributed by atoms with Gasteiger partial charge in [0.05, 0.1) is 19.3 Å². The number of rotatable bonds is 3. The van der Waals surface area contributed by atoms with Crippen molar-refractivity contribution < 1.29 is 35.4 Å². The van der Waals surface area contributed by atoms with E-state index in [4.69, 9.17) is 14.9 Å². The topological polar surface area (TPSA) is 131 Å². The lowest BCUT2D eigenvalue weighted by atomic mass is 9.93. The summed E-state index contributed by atoms with van der Waals surface area (Å²) in [5, 5.41) is 55.1. The van der Waals surface area contributed by atoms with Crippen LogP contribution in [0.1, 0.15) is 6.42 Å². The average Bonchev–Trinajstić information content (AvgIpc) is 2.22. The molecule has 0 aliphatic carbocycles. The van der Waals surface area contributed by atoms with Crippen LogP contribution in [0.4, 0.5) is 0 Å². The Kier molecular flexibility index (Phi) is 4.01. The van der Waals surface area contributed by atoms with Gasteiger partial charge in [-0.15, -0.1) is 0 Å². The first-order valence-electron chi connectivity index (χ1n) is 4.59. The molecule has 1 heterocycles. The molecule has 0 spiro atoms. The van der Waals surface area contributed by atoms with Crippen molar-refractivity contribution in [1.82, 2.24) is 0 Å². The van der Waals surface area contributed by atoms with Gasteiger partial charge in [0.15, 0.2) is 5.79 Å². The Balaban J connectivity index is 2.77. The molecule has 1 aliphatic rings. The van der Waals surface area contributed by atoms with Gasteiger partial charge in [-0.2, -0.15) is 0 Å². The van der Waals surface area contributed by atoms with Gasteiger partial charge in [-0.05, 0) is 0 Å². The molecule has 0 amide bonds. The van der Waals surface area contributed by atoms with Gasteiger partial charge in [0, 0.05) is 6.42 Å². The van der Waals surface area contributed by atoms with Crippen LogP contribution in [0.2, 0.25) is 0 Å². The molecule has 0 aromatic carbocycles. The van der Waals surface area contributed by atoms with Crippen molar-refractivity contribution in [2.75, 3.05) is 13.2 Å². The molecule has 0 saturated carbocycles. The fourth-order valence-electron chi connectivity index (χ4n) is 1.55. The van der Waals surface area contributed by atoms with E-state index in [1.807, 2.05) is 0 Å². The molecule has 5 atom stereocenters. The van der Waals surface area contributed by atoms with Crippen molar-refractivity contribution >= 4 is 0 Å². The monoisotopic (exact) mass is 224 g/mol. The van der Waals surface area contributed by atoms with E-state index in [-0.39, 0.29) is 6.42 Å². The highest BCUT2D eigenvalue weighted by molar-refractivity contribution is 4.91. The summed E-state index contributed by atoms with van der Waals surface area (Å²) in [6.07, 6.45) is -5.88. The van der Waals surface area contributed by atoms with Gasteiger partial charge in [-0.1, -0.05) is 0 Å². The zero-order valence-electron chi connectivity index (χ0n) is 8.02. The summed E-state index contributed by atoms with van der Waals surface area (Å²) in [4.78, 5) is 0. The highest BCUT2D eigenvalue weighted by atomic mass is 16.7. The summed E-state index contributed by atoms with van der Waals surface area (Å²) >= 11 is 0. The van der Waals surface area contributed by atoms with E-state index < -0.39 is 43.4 Å². The third-order valence-electron chi connectivity index (χ3n) is 2.43. The molecule has 90 valence electrons. The summed E-state index contributed by atoms with van der Waals surface area (Å²) in [5.74, 6) is -2.00. The molecule has 0 aromatic rings. The molecule has 1 saturated heterocycles. The fourth-order valence-corrected chi connectivity index (χ4v) is 1.55. The predicted octanol–water partition coefficient (Wildman–Crippen LogP) is -3.47. The number of aliphatic hydroxyl groups excluding tert-OH is 5. The van der Waals surface area contributed by atoms with E-state index in [1.165, 1.54) is 0 Å². The van der Waals surface area contributed by atoms with Gasteiger partial charge < -0.3 is 35.4 Å². The molecule has 0 radical (unpaired) electrons. The lowest BCUT2D eigenvalue weighted by Gasteiger charge is -2.42. The third-order valence-corrected chi connectivity index (χ3v) is 2.43. The van der Waals surface area contributed by atoms with Gasteiger partial charge in [-0.3, -0.25) is 0 Å². The molecule has 1 unspecified atom stereocenters. The van der Waals surface area contributed by atoms with Crippen molar-refractivity contribution in [2.45, 2.75) is 36.6 Å². The summed E-state index contributed by atoms with van der Waals surface area (Å²) in [5.41, 5.74) is 0. The Morgan fingerprint density at radius 1 is 1.33 bits per heavy atom. The van der Waals surface area contributed by atoms with E-state index in [9.17, 15) is 20.4 Å². The fraction of sp³-hybridized carbons (Fsp3) is 1.00. The molecule has 15 heavy (non-hydrogen) atoms. The summed E-state index contributed by atoms with van der Waals surface area (Å²) in [6, 6.07) is 0. The minimum Gasteiger partial charge on any atom is -0.394 e. The molecular formula is C8H16O7. The van der Waals surface area contributed by atoms with Crippen molar-refractivity contribution in [3.05, 3.63) is 0 Å². The van der Waals surface area contributed by atoms with E-state index in [2.05, 4.69) is 0 Å². The lowest BCUT2D eigenvalue weighted by Crippen LogP contribution is -2.60. The smallest absolute Gasteiger partial charge is 0.192 e. The van der Waals surface area contributed by atoms with Crippen LogP contribution in [0.5, 0.6) is 0 Å². The Hall–Kier alpha value is -0.280. The van der Waals surface area contributed by atoms with E-state index in [1.54, 1.807) is 0 Å². The Labute approximate surface area is 86.2 Å². The highest BCUT2D eigenvalue weighted by Crippen LogP contribution is 2.28. The SMILES string of the molecule is OC[C@@H](O)[C@H]1OC(O)(CO)C[C@@H](O)[C@H]1O. The zero-order valence-corrected chi connectivity index (χ0v) is 8.02. The molecule has 0 aromatic heterocycles. The molecule has 1 aliphatic heterocycles. The maximum absolute atomic E-state index is 9.55. The van der Waals surface area contributed by atoms with Gasteiger partial charge in [0.1, 0.15) is 18.3 Å². The maximum Gasteiger partial charge on any atom is 0.192 e. The first-order valence-corrected chi connectivity index (χ1v) is 4.59. The van der Waals surface area contributed by atoms with E-state index in [0.29, 0.717) is 0 Å². The second-order valence-corrected chi connectivity index (χ2v) is 3.70. The maximum atomic E-state index is 9.55. The molecule has 7 heteroatoms. The van der Waals surface area contributed by atoms with Crippen molar-refractivity contribution in [2.24, 2.45) is 0 Å². The first kappa shape index (κ1) is 12.8. The Bertz CT molecular complexity index is 211. The number of ether oxygens (including phenoxy) is 1. The molecule has 6 N–H and O–H groups in total. The van der Waals surface area contributed by atoms with Gasteiger partial charge >= 0.3 is 0 Å². The van der Waals surface area contributed by atoms with E-state index in [0.717, 1.165) is 0 Å². The minimum absolute atomic E-state index is 0.362. The lowest BCUT2D eigenvalue weighted by molar-refractivity contribution is -0.326. The van der Waals surface area contributed by atoms with Crippen LogP contribution in [-0.4, -0.2) is 74.1 Å². The quantitative estimate of drug-likeness (QED) is 0.293. The van der Waals surface area contributed by atoms with Crippen LogP contribution >= 0.6 is 0 Å². The second-order valence-electron chi connectivity index (χ2n) is 3.70. The predicted molar refractivity (Wildman–Crippen MR) is 46.6 cm³/mol. The third kappa shape index (κ3) is 2.64. The Morgan fingerprint density at radius 3 is 2.40 bits per heavy atom. The van der Waals surface area contributed by atoms with Gasteiger partial charge in [0.2, 0.25) is 0 Å². The van der Waals surface area contributed by atoms with Gasteiger partial charge in [0.25, 0.3) is 0 Å². The standard InChI is InChI=1S/C8H16O7/c9-2-5(12)7-6(13)4(11)1-8(14,3-10)15-7/h4-7,9-14H,1-3H2/t4-,5-,6-,7-,8?/m1/s1. The Morgan fingerprint density at radius 2 is 1.93 bits per heavy atom. The summed E-state index contributed by atoms with van der Waals surface area (Å²) in [7, 11) is 0. The van der Waals surface area contributed by atoms with Crippen LogP contribution in [0.25, 0.3) is 0 Å². The zero-order chi connectivity index (χ0) is 11.6. The van der Waals surface area contributed by atoms with Gasteiger partial charge in [-0.25, -0.2) is 0 Å². The van der Waals surface area contributed by atoms with Crippen LogP contribution in [0.3, 0.4) is 0 Å². The van der Waals surface area contributed by atoms with Crippen LogP contribution < -0.4 is 0 Å². The normalized spacial score (nSPS) is 44.0. The molecule has 0 bridgehead atoms. The highest BCUT2D eigenvalue weighted by Gasteiger charge is 2.47. The van der Waals surface area contributed by atoms with Crippen LogP contribution in [0, 0.1) is 0 Å². The first-order chi connectivity index (χ1) is 6.93. The largest absolute Gasteiger partial charge is 0.394 e. The van der Waals surface area contributed by atoms with Crippen LogP contribution in [0.15, 0.2) is 0 Å². The van der Waals surface area contributed by atoms with Crippen molar-refractivity contribution in [3.8, 4) is 0 Å². The second kappa shape index (κ2) is 4.71. The number of hydrogen-bond acceptors (Lipinski definition) is 7. The number of aliphatic hydroxyl groups is 6. The van der Waals surface area contributed by atoms with Crippen LogP contribution in [-0.2, 0) is 4.74 Å². The van der Waals surface area contributed by atoms with E-state index >= 15 is 0 Å².